The molecule has 1 N–H and O–H groups in total. The van der Waals surface area contributed by atoms with Gasteiger partial charge in [0.15, 0.2) is 0 Å². The summed E-state index contributed by atoms with van der Waals surface area (Å²) in [5.41, 5.74) is 0. The van der Waals surface area contributed by atoms with Crippen LogP contribution in [0, 0.1) is 5.92 Å². The van der Waals surface area contributed by atoms with Crippen molar-refractivity contribution in [3.05, 3.63) is 0 Å². The summed E-state index contributed by atoms with van der Waals surface area (Å²) < 4.78 is 22.5. The Morgan fingerprint density at radius 1 is 1.31 bits per heavy atom. The normalized spacial score (nSPS) is 26.9. The number of hydrogen-bond acceptors (Lipinski definition) is 3. The first kappa shape index (κ1) is 14.0. The summed E-state index contributed by atoms with van der Waals surface area (Å²) >= 11 is 0. The highest BCUT2D eigenvalue weighted by Gasteiger charge is 2.18. The molecule has 3 nitrogen and oxygen atoms in total. The lowest BCUT2D eigenvalue weighted by Crippen LogP contribution is -2.34. The quantitative estimate of drug-likeness (QED) is 0.730. The largest absolute Gasteiger partial charge is 0.314 e. The van der Waals surface area contributed by atoms with Crippen molar-refractivity contribution in [3.8, 4) is 0 Å². The fourth-order valence-electron chi connectivity index (χ4n) is 2.36. The van der Waals surface area contributed by atoms with Crippen molar-refractivity contribution in [2.45, 2.75) is 52.0 Å². The van der Waals surface area contributed by atoms with Gasteiger partial charge < -0.3 is 5.32 Å². The van der Waals surface area contributed by atoms with Crippen LogP contribution in [0.4, 0.5) is 0 Å². The molecule has 0 bridgehead atoms. The topological polar surface area (TPSA) is 46.2 Å². The second-order valence-corrected chi connectivity index (χ2v) is 7.49. The zero-order valence-corrected chi connectivity index (χ0v) is 11.4. The summed E-state index contributed by atoms with van der Waals surface area (Å²) in [4.78, 5) is 0. The van der Waals surface area contributed by atoms with Crippen LogP contribution in [0.25, 0.3) is 0 Å². The molecule has 1 fully saturated rings. The molecule has 0 radical (unpaired) electrons. The molecule has 96 valence electrons. The molecule has 0 aromatic rings. The number of nitrogens with one attached hydrogen (secondary N) is 1. The minimum Gasteiger partial charge on any atom is -0.314 e. The van der Waals surface area contributed by atoms with E-state index >= 15 is 0 Å². The molecule has 0 aromatic carbocycles. The van der Waals surface area contributed by atoms with Crippen LogP contribution in [0.5, 0.6) is 0 Å². The molecular weight excluding hydrogens is 222 g/mol. The van der Waals surface area contributed by atoms with Gasteiger partial charge in [-0.2, -0.15) is 0 Å². The Morgan fingerprint density at radius 2 is 2.06 bits per heavy atom. The van der Waals surface area contributed by atoms with E-state index in [1.807, 2.05) is 0 Å². The zero-order valence-electron chi connectivity index (χ0n) is 10.5. The molecule has 0 aliphatic heterocycles. The molecule has 2 atom stereocenters. The van der Waals surface area contributed by atoms with Crippen molar-refractivity contribution >= 4 is 9.84 Å². The Morgan fingerprint density at radius 3 is 2.69 bits per heavy atom. The summed E-state index contributed by atoms with van der Waals surface area (Å²) in [7, 11) is -2.77. The predicted molar refractivity (Wildman–Crippen MR) is 68.4 cm³/mol. The number of rotatable bonds is 6. The highest BCUT2D eigenvalue weighted by Crippen LogP contribution is 2.23. The van der Waals surface area contributed by atoms with Crippen molar-refractivity contribution in [1.29, 1.82) is 0 Å². The van der Waals surface area contributed by atoms with E-state index < -0.39 is 9.84 Å². The first-order valence-electron chi connectivity index (χ1n) is 6.47. The zero-order chi connectivity index (χ0) is 12.0. The van der Waals surface area contributed by atoms with Crippen LogP contribution >= 0.6 is 0 Å². The molecule has 4 heteroatoms. The van der Waals surface area contributed by atoms with Gasteiger partial charge in [0.25, 0.3) is 0 Å². The maximum atomic E-state index is 11.3. The molecule has 0 aromatic heterocycles. The van der Waals surface area contributed by atoms with Gasteiger partial charge in [-0.1, -0.05) is 26.7 Å². The average Bonchev–Trinajstić information content (AvgIpc) is 2.25. The van der Waals surface area contributed by atoms with Gasteiger partial charge in [0.05, 0.1) is 5.75 Å². The fourth-order valence-corrected chi connectivity index (χ4v) is 3.23. The first-order chi connectivity index (χ1) is 7.53. The van der Waals surface area contributed by atoms with Gasteiger partial charge in [-0.25, -0.2) is 8.42 Å². The van der Waals surface area contributed by atoms with Crippen LogP contribution in [0.15, 0.2) is 0 Å². The van der Waals surface area contributed by atoms with E-state index in [9.17, 15) is 8.42 Å². The molecule has 1 aliphatic rings. The van der Waals surface area contributed by atoms with Crippen LogP contribution < -0.4 is 5.32 Å². The highest BCUT2D eigenvalue weighted by atomic mass is 32.2. The lowest BCUT2D eigenvalue weighted by Gasteiger charge is -2.27. The van der Waals surface area contributed by atoms with Crippen molar-refractivity contribution in [1.82, 2.24) is 5.32 Å². The smallest absolute Gasteiger partial charge is 0.150 e. The fraction of sp³-hybridized carbons (Fsp3) is 1.00. The second kappa shape index (κ2) is 6.60. The number of hydrogen-bond donors (Lipinski definition) is 1. The van der Waals surface area contributed by atoms with E-state index in [-0.39, 0.29) is 5.75 Å². The molecule has 0 saturated heterocycles. The standard InChI is InChI=1S/C12H25NO2S/c1-3-16(14,15)9-5-8-13-12-7-4-6-11(2)10-12/h11-13H,3-10H2,1-2H3. The minimum absolute atomic E-state index is 0.271. The molecule has 1 aliphatic carbocycles. The highest BCUT2D eigenvalue weighted by molar-refractivity contribution is 7.91. The van der Waals surface area contributed by atoms with Gasteiger partial charge in [-0.15, -0.1) is 0 Å². The van der Waals surface area contributed by atoms with Crippen LogP contribution in [0.1, 0.15) is 46.0 Å². The third-order valence-electron chi connectivity index (χ3n) is 3.44. The van der Waals surface area contributed by atoms with Gasteiger partial charge in [0.1, 0.15) is 9.84 Å². The molecule has 0 spiro atoms. The Hall–Kier alpha value is -0.0900. The van der Waals surface area contributed by atoms with E-state index in [1.54, 1.807) is 6.92 Å². The molecule has 1 saturated carbocycles. The minimum atomic E-state index is -2.77. The van der Waals surface area contributed by atoms with E-state index in [0.29, 0.717) is 11.8 Å². The van der Waals surface area contributed by atoms with Gasteiger partial charge in [-0.05, 0) is 31.7 Å². The van der Waals surface area contributed by atoms with E-state index in [1.165, 1.54) is 25.7 Å². The summed E-state index contributed by atoms with van der Waals surface area (Å²) in [5.74, 6) is 1.43. The predicted octanol–water partition coefficient (Wildman–Crippen LogP) is 1.98. The molecule has 0 amide bonds. The Balaban J connectivity index is 2.11. The van der Waals surface area contributed by atoms with Gasteiger partial charge in [0, 0.05) is 11.8 Å². The lowest BCUT2D eigenvalue weighted by molar-refractivity contribution is 0.302. The van der Waals surface area contributed by atoms with Crippen molar-refractivity contribution < 1.29 is 8.42 Å². The summed E-state index contributed by atoms with van der Waals surface area (Å²) in [6.45, 7) is 4.86. The molecule has 0 heterocycles. The van der Waals surface area contributed by atoms with E-state index in [0.717, 1.165) is 18.9 Å². The van der Waals surface area contributed by atoms with Crippen molar-refractivity contribution in [2.75, 3.05) is 18.1 Å². The SMILES string of the molecule is CCS(=O)(=O)CCCNC1CCCC(C)C1. The third-order valence-corrected chi connectivity index (χ3v) is 5.23. The Bertz CT molecular complexity index is 287. The average molecular weight is 247 g/mol. The number of sulfone groups is 1. The van der Waals surface area contributed by atoms with Gasteiger partial charge in [-0.3, -0.25) is 0 Å². The van der Waals surface area contributed by atoms with Crippen molar-refractivity contribution in [2.24, 2.45) is 5.92 Å². The first-order valence-corrected chi connectivity index (χ1v) is 8.29. The molecule has 2 unspecified atom stereocenters. The van der Waals surface area contributed by atoms with Crippen LogP contribution in [0.2, 0.25) is 0 Å². The van der Waals surface area contributed by atoms with Gasteiger partial charge >= 0.3 is 0 Å². The molecular formula is C12H25NO2S. The van der Waals surface area contributed by atoms with Crippen molar-refractivity contribution in [3.63, 3.8) is 0 Å². The second-order valence-electron chi connectivity index (χ2n) is 5.01. The maximum absolute atomic E-state index is 11.3. The third kappa shape index (κ3) is 5.30. The van der Waals surface area contributed by atoms with E-state index in [4.69, 9.17) is 0 Å². The summed E-state index contributed by atoms with van der Waals surface area (Å²) in [5, 5.41) is 3.48. The lowest BCUT2D eigenvalue weighted by atomic mass is 9.87. The summed E-state index contributed by atoms with van der Waals surface area (Å²) in [6, 6.07) is 0.619. The maximum Gasteiger partial charge on any atom is 0.150 e. The van der Waals surface area contributed by atoms with E-state index in [2.05, 4.69) is 12.2 Å². The van der Waals surface area contributed by atoms with Crippen LogP contribution in [-0.4, -0.2) is 32.5 Å². The molecule has 1 rings (SSSR count). The monoisotopic (exact) mass is 247 g/mol. The van der Waals surface area contributed by atoms with Gasteiger partial charge in [0.2, 0.25) is 0 Å². The van der Waals surface area contributed by atoms with Crippen LogP contribution in [-0.2, 0) is 9.84 Å². The summed E-state index contributed by atoms with van der Waals surface area (Å²) in [6.07, 6.45) is 5.92. The Labute approximate surface area is 99.9 Å². The Kier molecular flexibility index (Phi) is 5.76. The van der Waals surface area contributed by atoms with Crippen LogP contribution in [0.3, 0.4) is 0 Å². The molecule has 16 heavy (non-hydrogen) atoms.